The average molecular weight is 415 g/mol. The van der Waals surface area contributed by atoms with Crippen LogP contribution >= 0.6 is 11.6 Å². The van der Waals surface area contributed by atoms with Crippen LogP contribution in [0.2, 0.25) is 5.02 Å². The molecule has 2 aromatic carbocycles. The number of pyridine rings is 1. The number of benzene rings is 2. The Bertz CT molecular complexity index is 1220. The third-order valence-electron chi connectivity index (χ3n) is 5.24. The number of nitrogens with one attached hydrogen (secondary N) is 2. The van der Waals surface area contributed by atoms with E-state index in [-0.39, 0.29) is 12.5 Å². The van der Waals surface area contributed by atoms with Crippen molar-refractivity contribution in [3.63, 3.8) is 0 Å². The van der Waals surface area contributed by atoms with Gasteiger partial charge in [0.25, 0.3) is 5.56 Å². The first-order valence-electron chi connectivity index (χ1n) is 8.94. The van der Waals surface area contributed by atoms with Crippen LogP contribution in [-0.2, 0) is 16.8 Å². The molecule has 1 aliphatic rings. The molecule has 4 rings (SSSR count). The normalized spacial score (nSPS) is 14.6. The highest BCUT2D eigenvalue weighted by Gasteiger charge is 2.52. The Labute approximate surface area is 169 Å². The molecule has 6 nitrogen and oxygen atoms in total. The number of H-pyrrole nitrogens is 1. The summed E-state index contributed by atoms with van der Waals surface area (Å²) in [6.07, 6.45) is 1.10. The van der Waals surface area contributed by atoms with Crippen molar-refractivity contribution in [2.75, 3.05) is 0 Å². The number of hydrogen-bond acceptors (Lipinski definition) is 3. The maximum absolute atomic E-state index is 14.2. The lowest BCUT2D eigenvalue weighted by Gasteiger charge is -2.17. The fraction of sp³-hybridized carbons (Fsp3) is 0.190. The lowest BCUT2D eigenvalue weighted by molar-refractivity contribution is -0.123. The molecule has 1 amide bonds. The second kappa shape index (κ2) is 7.00. The second-order valence-corrected chi connectivity index (χ2v) is 7.53. The molecular formula is C21H16ClFN2O4. The zero-order chi connectivity index (χ0) is 20.8. The quantitative estimate of drug-likeness (QED) is 0.596. The van der Waals surface area contributed by atoms with Crippen molar-refractivity contribution in [3.05, 3.63) is 80.3 Å². The van der Waals surface area contributed by atoms with Gasteiger partial charge in [0.05, 0.1) is 10.9 Å². The molecule has 1 aliphatic carbocycles. The van der Waals surface area contributed by atoms with Crippen LogP contribution in [0.3, 0.4) is 0 Å². The highest BCUT2D eigenvalue weighted by atomic mass is 35.5. The number of aromatic nitrogens is 1. The van der Waals surface area contributed by atoms with Gasteiger partial charge in [0.1, 0.15) is 11.4 Å². The van der Waals surface area contributed by atoms with Crippen molar-refractivity contribution in [2.24, 2.45) is 0 Å². The Morgan fingerprint density at radius 2 is 1.93 bits per heavy atom. The van der Waals surface area contributed by atoms with Gasteiger partial charge in [-0.2, -0.15) is 0 Å². The van der Waals surface area contributed by atoms with Gasteiger partial charge in [0.2, 0.25) is 5.91 Å². The van der Waals surface area contributed by atoms with E-state index < -0.39 is 28.3 Å². The summed E-state index contributed by atoms with van der Waals surface area (Å²) < 4.78 is 14.2. The van der Waals surface area contributed by atoms with Crippen molar-refractivity contribution >= 4 is 34.4 Å². The summed E-state index contributed by atoms with van der Waals surface area (Å²) in [7, 11) is 0. The largest absolute Gasteiger partial charge is 0.477 e. The minimum Gasteiger partial charge on any atom is -0.477 e. The van der Waals surface area contributed by atoms with E-state index >= 15 is 0 Å². The van der Waals surface area contributed by atoms with Crippen molar-refractivity contribution in [1.29, 1.82) is 0 Å². The van der Waals surface area contributed by atoms with Gasteiger partial charge in [0, 0.05) is 22.5 Å². The molecule has 0 saturated heterocycles. The van der Waals surface area contributed by atoms with E-state index in [4.69, 9.17) is 16.7 Å². The van der Waals surface area contributed by atoms with Gasteiger partial charge in [-0.1, -0.05) is 29.8 Å². The van der Waals surface area contributed by atoms with Crippen LogP contribution in [0.1, 0.15) is 34.3 Å². The van der Waals surface area contributed by atoms with Gasteiger partial charge in [-0.3, -0.25) is 9.59 Å². The maximum Gasteiger partial charge on any atom is 0.341 e. The van der Waals surface area contributed by atoms with Gasteiger partial charge in [0.15, 0.2) is 0 Å². The Morgan fingerprint density at radius 1 is 1.21 bits per heavy atom. The van der Waals surface area contributed by atoms with Crippen LogP contribution in [0.5, 0.6) is 0 Å². The van der Waals surface area contributed by atoms with Crippen LogP contribution in [0, 0.1) is 5.82 Å². The summed E-state index contributed by atoms with van der Waals surface area (Å²) in [6.45, 7) is 0.0501. The number of carbonyl (C=O) groups excluding carboxylic acids is 1. The molecule has 0 bridgehead atoms. The lowest BCUT2D eigenvalue weighted by atomic mass is 9.94. The molecule has 3 aromatic rings. The number of halogens is 2. The molecule has 148 valence electrons. The molecule has 29 heavy (non-hydrogen) atoms. The van der Waals surface area contributed by atoms with Crippen LogP contribution in [0.4, 0.5) is 4.39 Å². The minimum absolute atomic E-state index is 0.0501. The topological polar surface area (TPSA) is 99.3 Å². The molecular weight excluding hydrogens is 399 g/mol. The Morgan fingerprint density at radius 3 is 2.59 bits per heavy atom. The van der Waals surface area contributed by atoms with E-state index in [0.717, 1.165) is 0 Å². The summed E-state index contributed by atoms with van der Waals surface area (Å²) in [5, 5.41) is 12.7. The summed E-state index contributed by atoms with van der Waals surface area (Å²) in [4.78, 5) is 38.6. The number of aromatic amines is 1. The average Bonchev–Trinajstić information content (AvgIpc) is 3.48. The summed E-state index contributed by atoms with van der Waals surface area (Å²) >= 11 is 6.13. The third kappa shape index (κ3) is 3.38. The second-order valence-electron chi connectivity index (χ2n) is 7.09. The first-order chi connectivity index (χ1) is 13.8. The van der Waals surface area contributed by atoms with Crippen molar-refractivity contribution in [2.45, 2.75) is 24.8 Å². The Kier molecular flexibility index (Phi) is 4.62. The molecule has 1 saturated carbocycles. The molecule has 0 unspecified atom stereocenters. The molecule has 3 N–H and O–H groups in total. The first kappa shape index (κ1) is 19.1. The van der Waals surface area contributed by atoms with E-state index in [1.807, 2.05) is 0 Å². The zero-order valence-corrected chi connectivity index (χ0v) is 15.8. The van der Waals surface area contributed by atoms with Crippen molar-refractivity contribution < 1.29 is 19.1 Å². The lowest BCUT2D eigenvalue weighted by Crippen LogP contribution is -2.35. The smallest absolute Gasteiger partial charge is 0.341 e. The van der Waals surface area contributed by atoms with E-state index in [2.05, 4.69) is 10.3 Å². The Hall–Kier alpha value is -3.19. The maximum atomic E-state index is 14.2. The number of carbonyl (C=O) groups is 2. The molecule has 0 aliphatic heterocycles. The van der Waals surface area contributed by atoms with Crippen molar-refractivity contribution in [3.8, 4) is 0 Å². The fourth-order valence-electron chi connectivity index (χ4n) is 3.59. The summed E-state index contributed by atoms with van der Waals surface area (Å²) in [5.74, 6) is -2.07. The number of carboxylic acid groups (broad SMARTS) is 1. The molecule has 0 radical (unpaired) electrons. The SMILES string of the molecule is O=C(O)c1cc2cc(Cl)cc(CNC(=O)C3(c4ccccc4F)CC3)c2[nH]c1=O. The standard InChI is InChI=1S/C21H16ClFN2O4/c22-13-7-11-9-14(19(27)28)18(26)25-17(11)12(8-13)10-24-20(29)21(5-6-21)15-3-1-2-4-16(15)23/h1-4,7-9H,5-6,10H2,(H,24,29)(H,25,26)(H,27,28). The molecule has 8 heteroatoms. The van der Waals surface area contributed by atoms with Gasteiger partial charge in [-0.15, -0.1) is 0 Å². The predicted molar refractivity (Wildman–Crippen MR) is 106 cm³/mol. The van der Waals surface area contributed by atoms with Gasteiger partial charge >= 0.3 is 5.97 Å². The Balaban J connectivity index is 1.64. The van der Waals surface area contributed by atoms with Crippen LogP contribution in [-0.4, -0.2) is 22.0 Å². The van der Waals surface area contributed by atoms with E-state index in [0.29, 0.717) is 39.9 Å². The number of hydrogen-bond donors (Lipinski definition) is 3. The monoisotopic (exact) mass is 414 g/mol. The third-order valence-corrected chi connectivity index (χ3v) is 5.46. The summed E-state index contributed by atoms with van der Waals surface area (Å²) in [6, 6.07) is 10.6. The van der Waals surface area contributed by atoms with Crippen LogP contribution < -0.4 is 10.9 Å². The first-order valence-corrected chi connectivity index (χ1v) is 9.32. The van der Waals surface area contributed by atoms with E-state index in [1.54, 1.807) is 24.3 Å². The number of fused-ring (bicyclic) bond motifs is 1. The van der Waals surface area contributed by atoms with Crippen LogP contribution in [0.15, 0.2) is 47.3 Å². The van der Waals surface area contributed by atoms with Gasteiger partial charge in [-0.05, 0) is 42.7 Å². The number of amides is 1. The minimum atomic E-state index is -1.34. The fourth-order valence-corrected chi connectivity index (χ4v) is 3.84. The number of rotatable bonds is 5. The summed E-state index contributed by atoms with van der Waals surface area (Å²) in [5.41, 5.74) is -0.743. The molecule has 1 fully saturated rings. The molecule has 0 atom stereocenters. The zero-order valence-electron chi connectivity index (χ0n) is 15.1. The molecule has 1 aromatic heterocycles. The predicted octanol–water partition coefficient (Wildman–Crippen LogP) is 3.37. The number of aromatic carboxylic acids is 1. The van der Waals surface area contributed by atoms with Crippen LogP contribution in [0.25, 0.3) is 10.9 Å². The number of carboxylic acids is 1. The van der Waals surface area contributed by atoms with Gasteiger partial charge in [-0.25, -0.2) is 9.18 Å². The van der Waals surface area contributed by atoms with Crippen molar-refractivity contribution in [1.82, 2.24) is 10.3 Å². The highest BCUT2D eigenvalue weighted by Crippen LogP contribution is 2.49. The van der Waals surface area contributed by atoms with E-state index in [1.165, 1.54) is 18.2 Å². The van der Waals surface area contributed by atoms with Gasteiger partial charge < -0.3 is 15.4 Å². The highest BCUT2D eigenvalue weighted by molar-refractivity contribution is 6.31. The molecule has 1 heterocycles. The molecule has 0 spiro atoms. The van der Waals surface area contributed by atoms with E-state index in [9.17, 15) is 18.8 Å².